The molecule has 0 aliphatic heterocycles. The quantitative estimate of drug-likeness (QED) is 0.479. The van der Waals surface area contributed by atoms with Crippen LogP contribution in [0, 0.1) is 10.1 Å². The number of benzene rings is 1. The highest BCUT2D eigenvalue weighted by Gasteiger charge is 2.08. The van der Waals surface area contributed by atoms with Gasteiger partial charge in [-0.1, -0.05) is 6.07 Å². The molecule has 0 unspecified atom stereocenters. The summed E-state index contributed by atoms with van der Waals surface area (Å²) in [6, 6.07) is 9.66. The Labute approximate surface area is 97.3 Å². The molecule has 0 fully saturated rings. The number of hydrogen-bond acceptors (Lipinski definition) is 5. The predicted octanol–water partition coefficient (Wildman–Crippen LogP) is 2.32. The summed E-state index contributed by atoms with van der Waals surface area (Å²) in [5.41, 5.74) is 6.58. The molecule has 1 aromatic heterocycles. The molecule has 3 N–H and O–H groups in total. The van der Waals surface area contributed by atoms with Crippen LogP contribution < -0.4 is 11.1 Å². The normalized spacial score (nSPS) is 9.88. The fourth-order valence-electron chi connectivity index (χ4n) is 1.35. The minimum atomic E-state index is -0.485. The third-order valence-electron chi connectivity index (χ3n) is 2.17. The van der Waals surface area contributed by atoms with E-state index in [0.717, 1.165) is 0 Å². The van der Waals surface area contributed by atoms with E-state index < -0.39 is 4.92 Å². The molecule has 2 aromatic rings. The summed E-state index contributed by atoms with van der Waals surface area (Å²) in [6.07, 6.45) is 1.64. The van der Waals surface area contributed by atoms with Crippen LogP contribution in [0.5, 0.6) is 0 Å². The van der Waals surface area contributed by atoms with Crippen molar-refractivity contribution in [2.24, 2.45) is 0 Å². The van der Waals surface area contributed by atoms with E-state index >= 15 is 0 Å². The van der Waals surface area contributed by atoms with Crippen LogP contribution in [0.3, 0.4) is 0 Å². The Balaban J connectivity index is 2.26. The van der Waals surface area contributed by atoms with Gasteiger partial charge in [0.05, 0.1) is 16.3 Å². The zero-order chi connectivity index (χ0) is 12.3. The first kappa shape index (κ1) is 10.9. The molecular weight excluding hydrogens is 220 g/mol. The number of pyridine rings is 1. The lowest BCUT2D eigenvalue weighted by molar-refractivity contribution is -0.384. The Hall–Kier alpha value is -2.63. The molecule has 0 radical (unpaired) electrons. The molecular formula is C11H10N4O2. The van der Waals surface area contributed by atoms with E-state index in [1.54, 1.807) is 24.4 Å². The SMILES string of the molecule is Nc1cc([N+](=O)[O-])ccc1Nc1ccccn1. The molecule has 86 valence electrons. The maximum atomic E-state index is 10.5. The molecule has 0 aliphatic carbocycles. The zero-order valence-corrected chi connectivity index (χ0v) is 8.83. The van der Waals surface area contributed by atoms with Crippen LogP contribution in [0.1, 0.15) is 0 Å². The van der Waals surface area contributed by atoms with E-state index in [1.165, 1.54) is 12.1 Å². The number of nitrogens with two attached hydrogens (primary N) is 1. The first-order valence-corrected chi connectivity index (χ1v) is 4.89. The number of hydrogen-bond donors (Lipinski definition) is 2. The number of nitrogens with zero attached hydrogens (tertiary/aromatic N) is 2. The number of nitro benzene ring substituents is 1. The summed E-state index contributed by atoms with van der Waals surface area (Å²) in [5.74, 6) is 0.632. The molecule has 0 amide bonds. The number of nitrogens with one attached hydrogen (secondary N) is 1. The van der Waals surface area contributed by atoms with Crippen molar-refractivity contribution in [3.05, 3.63) is 52.7 Å². The van der Waals surface area contributed by atoms with Gasteiger partial charge in [-0.05, 0) is 18.2 Å². The average Bonchev–Trinajstić information content (AvgIpc) is 2.33. The summed E-state index contributed by atoms with van der Waals surface area (Å²) < 4.78 is 0. The zero-order valence-electron chi connectivity index (χ0n) is 8.83. The van der Waals surface area contributed by atoms with Gasteiger partial charge in [0.2, 0.25) is 0 Å². The maximum Gasteiger partial charge on any atom is 0.271 e. The van der Waals surface area contributed by atoms with E-state index in [1.807, 2.05) is 6.07 Å². The monoisotopic (exact) mass is 230 g/mol. The molecule has 0 bridgehead atoms. The lowest BCUT2D eigenvalue weighted by atomic mass is 10.2. The number of non-ortho nitro benzene ring substituents is 1. The van der Waals surface area contributed by atoms with Gasteiger partial charge in [0.25, 0.3) is 5.69 Å². The molecule has 0 spiro atoms. The smallest absolute Gasteiger partial charge is 0.271 e. The largest absolute Gasteiger partial charge is 0.397 e. The van der Waals surface area contributed by atoms with Gasteiger partial charge >= 0.3 is 0 Å². The first-order chi connectivity index (χ1) is 8.16. The second kappa shape index (κ2) is 4.48. The van der Waals surface area contributed by atoms with Crippen LogP contribution in [0.4, 0.5) is 22.9 Å². The second-order valence-electron chi connectivity index (χ2n) is 3.37. The van der Waals surface area contributed by atoms with Crippen molar-refractivity contribution in [1.82, 2.24) is 4.98 Å². The van der Waals surface area contributed by atoms with Gasteiger partial charge in [-0.15, -0.1) is 0 Å². The Morgan fingerprint density at radius 3 is 2.71 bits per heavy atom. The third-order valence-corrected chi connectivity index (χ3v) is 2.17. The van der Waals surface area contributed by atoms with Crippen molar-refractivity contribution >= 4 is 22.9 Å². The number of anilines is 3. The summed E-state index contributed by atoms with van der Waals surface area (Å²) in [6.45, 7) is 0. The molecule has 0 atom stereocenters. The fourth-order valence-corrected chi connectivity index (χ4v) is 1.35. The van der Waals surface area contributed by atoms with Crippen molar-refractivity contribution < 1.29 is 4.92 Å². The Morgan fingerprint density at radius 2 is 2.12 bits per heavy atom. The Kier molecular flexibility index (Phi) is 2.87. The van der Waals surface area contributed by atoms with Gasteiger partial charge in [0.1, 0.15) is 5.82 Å². The first-order valence-electron chi connectivity index (χ1n) is 4.89. The van der Waals surface area contributed by atoms with Gasteiger partial charge in [-0.2, -0.15) is 0 Å². The second-order valence-corrected chi connectivity index (χ2v) is 3.37. The highest BCUT2D eigenvalue weighted by Crippen LogP contribution is 2.26. The minimum Gasteiger partial charge on any atom is -0.397 e. The Bertz CT molecular complexity index is 542. The van der Waals surface area contributed by atoms with Crippen LogP contribution >= 0.6 is 0 Å². The van der Waals surface area contributed by atoms with Gasteiger partial charge in [-0.3, -0.25) is 10.1 Å². The van der Waals surface area contributed by atoms with Crippen LogP contribution in [-0.2, 0) is 0 Å². The maximum absolute atomic E-state index is 10.5. The summed E-state index contributed by atoms with van der Waals surface area (Å²) >= 11 is 0. The molecule has 0 saturated carbocycles. The Morgan fingerprint density at radius 1 is 1.29 bits per heavy atom. The van der Waals surface area contributed by atoms with Gasteiger partial charge < -0.3 is 11.1 Å². The fraction of sp³-hybridized carbons (Fsp3) is 0. The molecule has 2 rings (SSSR count). The predicted molar refractivity (Wildman–Crippen MR) is 65.0 cm³/mol. The van der Waals surface area contributed by atoms with E-state index in [2.05, 4.69) is 10.3 Å². The number of nitrogen functional groups attached to an aromatic ring is 1. The van der Waals surface area contributed by atoms with Gasteiger partial charge in [0, 0.05) is 18.3 Å². The lowest BCUT2D eigenvalue weighted by Crippen LogP contribution is -1.99. The van der Waals surface area contributed by atoms with Crippen molar-refractivity contribution in [2.45, 2.75) is 0 Å². The summed E-state index contributed by atoms with van der Waals surface area (Å²) in [5, 5.41) is 13.5. The molecule has 6 nitrogen and oxygen atoms in total. The van der Waals surface area contributed by atoms with Crippen molar-refractivity contribution in [3.8, 4) is 0 Å². The number of nitro groups is 1. The minimum absolute atomic E-state index is 0.0333. The van der Waals surface area contributed by atoms with Crippen LogP contribution in [0.2, 0.25) is 0 Å². The molecule has 6 heteroatoms. The van der Waals surface area contributed by atoms with Gasteiger partial charge in [-0.25, -0.2) is 4.98 Å². The van der Waals surface area contributed by atoms with Crippen molar-refractivity contribution in [3.63, 3.8) is 0 Å². The number of aromatic nitrogens is 1. The molecule has 0 saturated heterocycles. The lowest BCUT2D eigenvalue weighted by Gasteiger charge is -2.07. The molecule has 1 aromatic carbocycles. The van der Waals surface area contributed by atoms with E-state index in [9.17, 15) is 10.1 Å². The topological polar surface area (TPSA) is 94.1 Å². The average molecular weight is 230 g/mol. The van der Waals surface area contributed by atoms with E-state index in [4.69, 9.17) is 5.73 Å². The van der Waals surface area contributed by atoms with Crippen molar-refractivity contribution in [2.75, 3.05) is 11.1 Å². The molecule has 17 heavy (non-hydrogen) atoms. The highest BCUT2D eigenvalue weighted by molar-refractivity contribution is 5.73. The third kappa shape index (κ3) is 2.49. The van der Waals surface area contributed by atoms with Crippen LogP contribution in [-0.4, -0.2) is 9.91 Å². The summed E-state index contributed by atoms with van der Waals surface area (Å²) in [7, 11) is 0. The molecule has 1 heterocycles. The van der Waals surface area contributed by atoms with E-state index in [0.29, 0.717) is 17.2 Å². The van der Waals surface area contributed by atoms with Gasteiger partial charge in [0.15, 0.2) is 0 Å². The van der Waals surface area contributed by atoms with Crippen LogP contribution in [0.25, 0.3) is 0 Å². The summed E-state index contributed by atoms with van der Waals surface area (Å²) in [4.78, 5) is 14.1. The van der Waals surface area contributed by atoms with Crippen LogP contribution in [0.15, 0.2) is 42.6 Å². The number of rotatable bonds is 3. The highest BCUT2D eigenvalue weighted by atomic mass is 16.6. The van der Waals surface area contributed by atoms with E-state index in [-0.39, 0.29) is 5.69 Å². The molecule has 0 aliphatic rings. The van der Waals surface area contributed by atoms with Crippen molar-refractivity contribution in [1.29, 1.82) is 0 Å². The standard InChI is InChI=1S/C11H10N4O2/c12-9-7-8(15(16)17)4-5-10(9)14-11-3-1-2-6-13-11/h1-7H,12H2,(H,13,14).